The molecule has 0 aromatic heterocycles. The van der Waals surface area contributed by atoms with Gasteiger partial charge in [0.15, 0.2) is 0 Å². The van der Waals surface area contributed by atoms with Gasteiger partial charge in [0.25, 0.3) is 0 Å². The number of morpholine rings is 1. The molecule has 0 bridgehead atoms. The van der Waals surface area contributed by atoms with Gasteiger partial charge in [-0.3, -0.25) is 9.69 Å². The van der Waals surface area contributed by atoms with Crippen molar-refractivity contribution in [2.24, 2.45) is 5.73 Å². The van der Waals surface area contributed by atoms with Gasteiger partial charge in [0.05, 0.1) is 19.3 Å². The van der Waals surface area contributed by atoms with E-state index in [1.807, 2.05) is 30.3 Å². The summed E-state index contributed by atoms with van der Waals surface area (Å²) < 4.78 is 5.28. The molecular weight excluding hydrogens is 325 g/mol. The third kappa shape index (κ3) is 7.42. The van der Waals surface area contributed by atoms with Crippen molar-refractivity contribution in [1.29, 1.82) is 0 Å². The number of ether oxygens (including phenoxy) is 1. The molecule has 1 aliphatic rings. The molecule has 1 atom stereocenters. The summed E-state index contributed by atoms with van der Waals surface area (Å²) in [4.78, 5) is 14.2. The Kier molecular flexibility index (Phi) is 11.2. The minimum absolute atomic E-state index is 0. The molecule has 0 saturated carbocycles. The predicted octanol–water partition coefficient (Wildman–Crippen LogP) is 0.848. The van der Waals surface area contributed by atoms with Gasteiger partial charge >= 0.3 is 0 Å². The normalized spacial score (nSPS) is 16.0. The summed E-state index contributed by atoms with van der Waals surface area (Å²) in [7, 11) is 0. The predicted molar refractivity (Wildman–Crippen MR) is 92.9 cm³/mol. The van der Waals surface area contributed by atoms with E-state index in [4.69, 9.17) is 10.5 Å². The van der Waals surface area contributed by atoms with Crippen LogP contribution in [0.25, 0.3) is 0 Å². The van der Waals surface area contributed by atoms with Gasteiger partial charge in [-0.2, -0.15) is 0 Å². The van der Waals surface area contributed by atoms with Gasteiger partial charge in [-0.25, -0.2) is 0 Å². The molecule has 1 fully saturated rings. The van der Waals surface area contributed by atoms with Crippen LogP contribution in [0.5, 0.6) is 0 Å². The average Bonchev–Trinajstić information content (AvgIpc) is 2.49. The maximum absolute atomic E-state index is 11.9. The van der Waals surface area contributed by atoms with Crippen LogP contribution in [0.2, 0.25) is 0 Å². The molecule has 1 heterocycles. The van der Waals surface area contributed by atoms with Crippen LogP contribution in [-0.2, 0) is 16.0 Å². The van der Waals surface area contributed by atoms with Crippen LogP contribution in [0.3, 0.4) is 0 Å². The Bertz CT molecular complexity index is 415. The smallest absolute Gasteiger partial charge is 0.237 e. The van der Waals surface area contributed by atoms with Gasteiger partial charge in [0, 0.05) is 26.2 Å². The van der Waals surface area contributed by atoms with Crippen LogP contribution in [-0.4, -0.2) is 56.2 Å². The van der Waals surface area contributed by atoms with Crippen molar-refractivity contribution < 1.29 is 9.53 Å². The molecule has 1 aromatic carbocycles. The highest BCUT2D eigenvalue weighted by atomic mass is 35.5. The zero-order valence-corrected chi connectivity index (χ0v) is 14.2. The number of amides is 1. The zero-order chi connectivity index (χ0) is 14.2. The Morgan fingerprint density at radius 1 is 1.23 bits per heavy atom. The number of halogens is 2. The number of nitrogens with zero attached hydrogens (tertiary/aromatic N) is 1. The summed E-state index contributed by atoms with van der Waals surface area (Å²) >= 11 is 0. The van der Waals surface area contributed by atoms with Crippen molar-refractivity contribution >= 4 is 30.7 Å². The molecule has 7 heteroatoms. The lowest BCUT2D eigenvalue weighted by Crippen LogP contribution is -2.46. The topological polar surface area (TPSA) is 67.6 Å². The van der Waals surface area contributed by atoms with Gasteiger partial charge in [0.2, 0.25) is 5.91 Å². The minimum atomic E-state index is -0.484. The second kappa shape index (κ2) is 11.7. The van der Waals surface area contributed by atoms with E-state index in [0.29, 0.717) is 13.0 Å². The van der Waals surface area contributed by atoms with Crippen molar-refractivity contribution in [3.8, 4) is 0 Å². The van der Waals surface area contributed by atoms with E-state index in [1.165, 1.54) is 0 Å². The van der Waals surface area contributed by atoms with Crippen LogP contribution in [0.15, 0.2) is 30.3 Å². The molecule has 1 aromatic rings. The van der Waals surface area contributed by atoms with Crippen LogP contribution >= 0.6 is 24.8 Å². The number of rotatable bonds is 6. The number of benzene rings is 1. The van der Waals surface area contributed by atoms with E-state index in [2.05, 4.69) is 10.2 Å². The summed E-state index contributed by atoms with van der Waals surface area (Å²) in [5, 5.41) is 2.90. The third-order valence-corrected chi connectivity index (χ3v) is 3.47. The SMILES string of the molecule is Cl.Cl.N[C@@H](Cc1ccccc1)C(=O)NCCN1CCOCC1. The van der Waals surface area contributed by atoms with Gasteiger partial charge < -0.3 is 15.8 Å². The first-order chi connectivity index (χ1) is 9.75. The fourth-order valence-electron chi connectivity index (χ4n) is 2.25. The summed E-state index contributed by atoms with van der Waals surface area (Å²) in [6, 6.07) is 9.36. The van der Waals surface area contributed by atoms with E-state index < -0.39 is 6.04 Å². The molecule has 0 unspecified atom stereocenters. The summed E-state index contributed by atoms with van der Waals surface area (Å²) in [6.45, 7) is 4.93. The Morgan fingerprint density at radius 3 is 2.50 bits per heavy atom. The van der Waals surface area contributed by atoms with Gasteiger partial charge in [0.1, 0.15) is 0 Å². The quantitative estimate of drug-likeness (QED) is 0.798. The maximum atomic E-state index is 11.9. The largest absolute Gasteiger partial charge is 0.379 e. The highest BCUT2D eigenvalue weighted by Gasteiger charge is 2.14. The van der Waals surface area contributed by atoms with Crippen LogP contribution in [0.1, 0.15) is 5.56 Å². The van der Waals surface area contributed by atoms with E-state index in [0.717, 1.165) is 38.4 Å². The Hall–Kier alpha value is -0.850. The Balaban J connectivity index is 0.00000220. The number of carbonyl (C=O) groups is 1. The molecule has 1 amide bonds. The minimum Gasteiger partial charge on any atom is -0.379 e. The standard InChI is InChI=1S/C15H23N3O2.2ClH/c16-14(12-13-4-2-1-3-5-13)15(19)17-6-7-18-8-10-20-11-9-18;;/h1-5,14H,6-12,16H2,(H,17,19);2*1H/t14-;;/m0../s1. The van der Waals surface area contributed by atoms with Crippen molar-refractivity contribution in [2.45, 2.75) is 12.5 Å². The second-order valence-corrected chi connectivity index (χ2v) is 5.04. The molecule has 3 N–H and O–H groups in total. The molecule has 126 valence electrons. The number of nitrogens with two attached hydrogens (primary N) is 1. The van der Waals surface area contributed by atoms with Gasteiger partial charge in [-0.15, -0.1) is 24.8 Å². The molecule has 0 radical (unpaired) electrons. The molecule has 0 aliphatic carbocycles. The molecule has 1 saturated heterocycles. The lowest BCUT2D eigenvalue weighted by Gasteiger charge is -2.26. The number of hydrogen-bond donors (Lipinski definition) is 2. The third-order valence-electron chi connectivity index (χ3n) is 3.47. The Morgan fingerprint density at radius 2 is 1.86 bits per heavy atom. The van der Waals surface area contributed by atoms with Crippen LogP contribution in [0, 0.1) is 0 Å². The average molecular weight is 350 g/mol. The lowest BCUT2D eigenvalue weighted by molar-refractivity contribution is -0.122. The van der Waals surface area contributed by atoms with E-state index in [-0.39, 0.29) is 30.7 Å². The summed E-state index contributed by atoms with van der Waals surface area (Å²) in [6.07, 6.45) is 0.574. The highest BCUT2D eigenvalue weighted by Crippen LogP contribution is 2.02. The van der Waals surface area contributed by atoms with Crippen molar-refractivity contribution in [3.05, 3.63) is 35.9 Å². The van der Waals surface area contributed by atoms with Crippen molar-refractivity contribution in [1.82, 2.24) is 10.2 Å². The van der Waals surface area contributed by atoms with E-state index >= 15 is 0 Å². The fourth-order valence-corrected chi connectivity index (χ4v) is 2.25. The lowest BCUT2D eigenvalue weighted by atomic mass is 10.1. The summed E-state index contributed by atoms with van der Waals surface area (Å²) in [5.41, 5.74) is 7.01. The van der Waals surface area contributed by atoms with Crippen molar-refractivity contribution in [3.63, 3.8) is 0 Å². The monoisotopic (exact) mass is 349 g/mol. The molecule has 0 spiro atoms. The van der Waals surface area contributed by atoms with Gasteiger partial charge in [-0.1, -0.05) is 30.3 Å². The molecule has 22 heavy (non-hydrogen) atoms. The number of carbonyl (C=O) groups excluding carboxylic acids is 1. The van der Waals surface area contributed by atoms with E-state index in [1.54, 1.807) is 0 Å². The van der Waals surface area contributed by atoms with E-state index in [9.17, 15) is 4.79 Å². The molecule has 5 nitrogen and oxygen atoms in total. The van der Waals surface area contributed by atoms with Crippen LogP contribution in [0.4, 0.5) is 0 Å². The number of nitrogens with one attached hydrogen (secondary N) is 1. The summed E-state index contributed by atoms with van der Waals surface area (Å²) in [5.74, 6) is -0.0814. The first-order valence-corrected chi connectivity index (χ1v) is 7.13. The highest BCUT2D eigenvalue weighted by molar-refractivity contribution is 5.85. The molecular formula is C15H25Cl2N3O2. The fraction of sp³-hybridized carbons (Fsp3) is 0.533. The number of hydrogen-bond acceptors (Lipinski definition) is 4. The molecule has 1 aliphatic heterocycles. The molecule has 2 rings (SSSR count). The zero-order valence-electron chi connectivity index (χ0n) is 12.6. The first-order valence-electron chi connectivity index (χ1n) is 7.13. The van der Waals surface area contributed by atoms with Gasteiger partial charge in [-0.05, 0) is 12.0 Å². The Labute approximate surface area is 144 Å². The van der Waals surface area contributed by atoms with Crippen molar-refractivity contribution in [2.75, 3.05) is 39.4 Å². The second-order valence-electron chi connectivity index (χ2n) is 5.04. The maximum Gasteiger partial charge on any atom is 0.237 e. The van der Waals surface area contributed by atoms with Crippen LogP contribution < -0.4 is 11.1 Å². The first kappa shape index (κ1) is 21.1.